The van der Waals surface area contributed by atoms with Crippen molar-refractivity contribution < 1.29 is 23.9 Å². The summed E-state index contributed by atoms with van der Waals surface area (Å²) in [5.41, 5.74) is 7.62. The van der Waals surface area contributed by atoms with Crippen LogP contribution in [0.2, 0.25) is 0 Å². The average molecular weight is 438 g/mol. The number of nitrogens with two attached hydrogens (primary N) is 1. The minimum Gasteiger partial charge on any atom is -0.469 e. The minimum atomic E-state index is -0.916. The van der Waals surface area contributed by atoms with E-state index in [1.807, 2.05) is 30.3 Å². The van der Waals surface area contributed by atoms with Gasteiger partial charge in [0.2, 0.25) is 11.8 Å². The van der Waals surface area contributed by atoms with Crippen molar-refractivity contribution in [3.63, 3.8) is 0 Å². The Labute approximate surface area is 185 Å². The number of esters is 1. The first kappa shape index (κ1) is 22.8. The highest BCUT2D eigenvalue weighted by Gasteiger charge is 2.36. The quantitative estimate of drug-likeness (QED) is 0.442. The Kier molecular flexibility index (Phi) is 7.09. The Hall–Kier alpha value is -3.88. The molecule has 2 unspecified atom stereocenters. The smallest absolute Gasteiger partial charge is 0.307 e. The van der Waals surface area contributed by atoms with Crippen LogP contribution in [0, 0.1) is 0 Å². The molecule has 3 rings (SSSR count). The van der Waals surface area contributed by atoms with E-state index in [1.54, 1.807) is 19.1 Å². The number of methoxy groups -OCH3 is 1. The van der Waals surface area contributed by atoms with Crippen molar-refractivity contribution in [2.45, 2.75) is 31.8 Å². The van der Waals surface area contributed by atoms with Gasteiger partial charge in [-0.15, -0.1) is 0 Å². The second-order valence-corrected chi connectivity index (χ2v) is 7.68. The van der Waals surface area contributed by atoms with E-state index in [-0.39, 0.29) is 24.9 Å². The van der Waals surface area contributed by atoms with E-state index in [1.165, 1.54) is 18.1 Å². The number of amides is 3. The topological polar surface area (TPSA) is 131 Å². The monoisotopic (exact) mass is 438 g/mol. The normalized spacial score (nSPS) is 16.4. The first-order valence-electron chi connectivity index (χ1n) is 10.2. The molecule has 3 amide bonds. The molecule has 0 saturated heterocycles. The summed E-state index contributed by atoms with van der Waals surface area (Å²) < 4.78 is 4.61. The molecular weight excluding hydrogens is 412 g/mol. The summed E-state index contributed by atoms with van der Waals surface area (Å²) >= 11 is 0. The Morgan fingerprint density at radius 2 is 1.91 bits per heavy atom. The molecule has 1 heterocycles. The summed E-state index contributed by atoms with van der Waals surface area (Å²) in [6.45, 7) is 1.30. The molecule has 0 saturated carbocycles. The first-order valence-corrected chi connectivity index (χ1v) is 10.2. The van der Waals surface area contributed by atoms with Gasteiger partial charge in [0.1, 0.15) is 12.6 Å². The zero-order valence-corrected chi connectivity index (χ0v) is 18.0. The summed E-state index contributed by atoms with van der Waals surface area (Å²) in [7, 11) is 1.27. The van der Waals surface area contributed by atoms with Gasteiger partial charge in [0.15, 0.2) is 0 Å². The average Bonchev–Trinajstić information content (AvgIpc) is 2.85. The van der Waals surface area contributed by atoms with E-state index in [9.17, 15) is 19.2 Å². The molecule has 1 aliphatic heterocycles. The molecule has 2 aromatic carbocycles. The van der Waals surface area contributed by atoms with E-state index in [0.29, 0.717) is 11.4 Å². The van der Waals surface area contributed by atoms with E-state index < -0.39 is 35.8 Å². The Morgan fingerprint density at radius 3 is 2.59 bits per heavy atom. The number of carbonyl (C=O) groups is 4. The van der Waals surface area contributed by atoms with Gasteiger partial charge in [-0.3, -0.25) is 19.2 Å². The highest BCUT2D eigenvalue weighted by atomic mass is 16.5. The van der Waals surface area contributed by atoms with E-state index in [0.717, 1.165) is 5.56 Å². The summed E-state index contributed by atoms with van der Waals surface area (Å²) in [6.07, 6.45) is 0.219. The number of nitrogens with one attached hydrogen (secondary N) is 2. The number of anilines is 2. The van der Waals surface area contributed by atoms with Crippen molar-refractivity contribution in [3.8, 4) is 0 Å². The summed E-state index contributed by atoms with van der Waals surface area (Å²) in [5, 5.41) is 5.46. The largest absolute Gasteiger partial charge is 0.469 e. The molecule has 0 aliphatic carbocycles. The SMILES string of the molecule is COC(=O)CC(C)NC(=O)CN1C(=O)c2cc(N)ccc2NC(=O)C1Cc1ccccc1. The molecule has 0 bridgehead atoms. The van der Waals surface area contributed by atoms with Crippen LogP contribution < -0.4 is 16.4 Å². The third kappa shape index (κ3) is 5.42. The van der Waals surface area contributed by atoms with E-state index >= 15 is 0 Å². The molecule has 0 aromatic heterocycles. The van der Waals surface area contributed by atoms with Crippen LogP contribution in [0.1, 0.15) is 29.3 Å². The van der Waals surface area contributed by atoms with Gasteiger partial charge in [-0.05, 0) is 30.7 Å². The number of hydrogen-bond donors (Lipinski definition) is 3. The summed E-state index contributed by atoms with van der Waals surface area (Å²) in [4.78, 5) is 51.9. The van der Waals surface area contributed by atoms with Crippen molar-refractivity contribution in [2.75, 3.05) is 24.7 Å². The third-order valence-corrected chi connectivity index (χ3v) is 5.17. The van der Waals surface area contributed by atoms with Gasteiger partial charge in [-0.25, -0.2) is 0 Å². The fourth-order valence-electron chi connectivity index (χ4n) is 3.58. The Bertz CT molecular complexity index is 1020. The van der Waals surface area contributed by atoms with Crippen molar-refractivity contribution in [2.24, 2.45) is 0 Å². The standard InChI is InChI=1S/C23H26N4O5/c1-14(10-21(29)32-2)25-20(28)13-27-19(11-15-6-4-3-5-7-15)22(30)26-18-9-8-16(24)12-17(18)23(27)31/h3-9,12,14,19H,10-11,13,24H2,1-2H3,(H,25,28)(H,26,30). The van der Waals surface area contributed by atoms with Gasteiger partial charge < -0.3 is 26.0 Å². The second-order valence-electron chi connectivity index (χ2n) is 7.68. The highest BCUT2D eigenvalue weighted by molar-refractivity contribution is 6.11. The molecule has 168 valence electrons. The van der Waals surface area contributed by atoms with Gasteiger partial charge in [-0.2, -0.15) is 0 Å². The lowest BCUT2D eigenvalue weighted by Crippen LogP contribution is -2.51. The van der Waals surface area contributed by atoms with Crippen molar-refractivity contribution in [1.82, 2.24) is 10.2 Å². The molecule has 32 heavy (non-hydrogen) atoms. The molecule has 9 heteroatoms. The fourth-order valence-corrected chi connectivity index (χ4v) is 3.58. The second kappa shape index (κ2) is 9.95. The number of hydrogen-bond acceptors (Lipinski definition) is 6. The fraction of sp³-hybridized carbons (Fsp3) is 0.304. The summed E-state index contributed by atoms with van der Waals surface area (Å²) in [5.74, 6) is -1.84. The third-order valence-electron chi connectivity index (χ3n) is 5.17. The van der Waals surface area contributed by atoms with Crippen molar-refractivity contribution in [3.05, 3.63) is 59.7 Å². The van der Waals surface area contributed by atoms with Crippen LogP contribution >= 0.6 is 0 Å². The van der Waals surface area contributed by atoms with Gasteiger partial charge in [0, 0.05) is 18.2 Å². The van der Waals surface area contributed by atoms with Gasteiger partial charge in [0.25, 0.3) is 5.91 Å². The summed E-state index contributed by atoms with van der Waals surface area (Å²) in [6, 6.07) is 12.5. The number of fused-ring (bicyclic) bond motifs is 1. The lowest BCUT2D eigenvalue weighted by atomic mass is 10.0. The van der Waals surface area contributed by atoms with Crippen LogP contribution in [-0.4, -0.2) is 54.3 Å². The van der Waals surface area contributed by atoms with Crippen LogP contribution in [0.25, 0.3) is 0 Å². The van der Waals surface area contributed by atoms with Crippen LogP contribution in [0.5, 0.6) is 0 Å². The lowest BCUT2D eigenvalue weighted by Gasteiger charge is -2.29. The van der Waals surface area contributed by atoms with Crippen molar-refractivity contribution in [1.29, 1.82) is 0 Å². The Morgan fingerprint density at radius 1 is 1.19 bits per heavy atom. The van der Waals surface area contributed by atoms with Gasteiger partial charge in [-0.1, -0.05) is 30.3 Å². The molecule has 1 aliphatic rings. The van der Waals surface area contributed by atoms with Crippen LogP contribution in [0.4, 0.5) is 11.4 Å². The predicted octanol–water partition coefficient (Wildman–Crippen LogP) is 1.34. The molecule has 0 spiro atoms. The molecule has 2 aromatic rings. The number of rotatable bonds is 7. The number of nitrogen functional groups attached to an aromatic ring is 1. The number of ether oxygens (including phenoxy) is 1. The molecule has 9 nitrogen and oxygen atoms in total. The maximum atomic E-state index is 13.4. The molecule has 4 N–H and O–H groups in total. The zero-order valence-electron chi connectivity index (χ0n) is 18.0. The van der Waals surface area contributed by atoms with Gasteiger partial charge in [0.05, 0.1) is 24.8 Å². The number of nitrogens with zero attached hydrogens (tertiary/aromatic N) is 1. The van der Waals surface area contributed by atoms with Crippen LogP contribution in [0.15, 0.2) is 48.5 Å². The zero-order chi connectivity index (χ0) is 23.3. The molecule has 0 radical (unpaired) electrons. The maximum absolute atomic E-state index is 13.4. The molecule has 2 atom stereocenters. The Balaban J connectivity index is 1.88. The van der Waals surface area contributed by atoms with Crippen molar-refractivity contribution >= 4 is 35.1 Å². The van der Waals surface area contributed by atoms with E-state index in [4.69, 9.17) is 5.73 Å². The highest BCUT2D eigenvalue weighted by Crippen LogP contribution is 2.26. The minimum absolute atomic E-state index is 0.0104. The lowest BCUT2D eigenvalue weighted by molar-refractivity contribution is -0.141. The molecule has 0 fully saturated rings. The van der Waals surface area contributed by atoms with E-state index in [2.05, 4.69) is 15.4 Å². The maximum Gasteiger partial charge on any atom is 0.307 e. The predicted molar refractivity (Wildman–Crippen MR) is 119 cm³/mol. The van der Waals surface area contributed by atoms with Crippen LogP contribution in [0.3, 0.4) is 0 Å². The molecular formula is C23H26N4O5. The first-order chi connectivity index (χ1) is 15.3. The number of benzene rings is 2. The number of carbonyl (C=O) groups excluding carboxylic acids is 4. The van der Waals surface area contributed by atoms with Gasteiger partial charge >= 0.3 is 5.97 Å². The van der Waals surface area contributed by atoms with Crippen LogP contribution in [-0.2, 0) is 25.5 Å².